The lowest BCUT2D eigenvalue weighted by Crippen LogP contribution is -2.16. The number of hydrogen-bond acceptors (Lipinski definition) is 4. The monoisotopic (exact) mass is 347 g/mol. The Morgan fingerprint density at radius 1 is 1.21 bits per heavy atom. The highest BCUT2D eigenvalue weighted by Crippen LogP contribution is 2.21. The first-order chi connectivity index (χ1) is 11.4. The van der Waals surface area contributed by atoms with E-state index >= 15 is 0 Å². The largest absolute Gasteiger partial charge is 0.284 e. The molecule has 128 valence electrons. The van der Waals surface area contributed by atoms with E-state index in [4.69, 9.17) is 0 Å². The number of hydrogen-bond donors (Lipinski definition) is 2. The highest BCUT2D eigenvalue weighted by atomic mass is 32.2. The molecule has 0 aliphatic carbocycles. The van der Waals surface area contributed by atoms with Crippen molar-refractivity contribution < 1.29 is 8.42 Å². The lowest BCUT2D eigenvalue weighted by molar-refractivity contribution is 0.598. The fourth-order valence-electron chi connectivity index (χ4n) is 2.42. The van der Waals surface area contributed by atoms with Crippen LogP contribution in [-0.2, 0) is 10.0 Å². The van der Waals surface area contributed by atoms with Gasteiger partial charge in [-0.3, -0.25) is 9.82 Å². The average molecular weight is 347 g/mol. The molecule has 0 saturated carbocycles. The molecule has 0 unspecified atom stereocenters. The topological polar surface area (TPSA) is 92.1 Å². The van der Waals surface area contributed by atoms with Crippen molar-refractivity contribution in [3.05, 3.63) is 35.5 Å². The lowest BCUT2D eigenvalue weighted by Gasteiger charge is -2.07. The number of sulfonamides is 1. The van der Waals surface area contributed by atoms with Crippen molar-refractivity contribution in [2.45, 2.75) is 33.6 Å². The number of aromatic nitrogens is 4. The molecule has 0 bridgehead atoms. The van der Waals surface area contributed by atoms with Crippen LogP contribution < -0.4 is 4.72 Å². The van der Waals surface area contributed by atoms with Gasteiger partial charge in [0.25, 0.3) is 0 Å². The van der Waals surface area contributed by atoms with Gasteiger partial charge in [0.05, 0.1) is 5.75 Å². The van der Waals surface area contributed by atoms with Gasteiger partial charge in [-0.15, -0.1) is 5.10 Å². The Morgan fingerprint density at radius 3 is 2.54 bits per heavy atom. The average Bonchev–Trinajstić information content (AvgIpc) is 3.06. The van der Waals surface area contributed by atoms with E-state index in [0.717, 1.165) is 28.9 Å². The van der Waals surface area contributed by atoms with E-state index in [-0.39, 0.29) is 5.75 Å². The summed E-state index contributed by atoms with van der Waals surface area (Å²) in [6, 6.07) is 7.09. The number of nitrogens with one attached hydrogen (secondary N) is 2. The van der Waals surface area contributed by atoms with Crippen LogP contribution in [0.2, 0.25) is 0 Å². The molecule has 2 heterocycles. The summed E-state index contributed by atoms with van der Waals surface area (Å²) in [6.07, 6.45) is 1.49. The molecule has 2 N–H and O–H groups in total. The van der Waals surface area contributed by atoms with Gasteiger partial charge in [-0.25, -0.2) is 13.4 Å². The number of nitrogens with zero attached hydrogens (tertiary/aromatic N) is 3. The van der Waals surface area contributed by atoms with E-state index in [1.54, 1.807) is 16.8 Å². The third-order valence-electron chi connectivity index (χ3n) is 3.96. The number of anilines is 1. The van der Waals surface area contributed by atoms with Gasteiger partial charge < -0.3 is 0 Å². The number of H-pyrrole nitrogens is 1. The number of rotatable bonds is 6. The van der Waals surface area contributed by atoms with Crippen molar-refractivity contribution in [1.29, 1.82) is 0 Å². The summed E-state index contributed by atoms with van der Waals surface area (Å²) in [5.74, 6) is 0.738. The van der Waals surface area contributed by atoms with Crippen LogP contribution in [0.25, 0.3) is 17.0 Å². The summed E-state index contributed by atoms with van der Waals surface area (Å²) in [4.78, 5) is 4.53. The molecular formula is C16H21N5O2S. The van der Waals surface area contributed by atoms with E-state index in [1.807, 2.05) is 32.9 Å². The third-order valence-corrected chi connectivity index (χ3v) is 5.33. The Hall–Kier alpha value is -2.35. The second kappa shape index (κ2) is 6.27. The minimum Gasteiger partial charge on any atom is -0.284 e. The van der Waals surface area contributed by atoms with E-state index in [9.17, 15) is 8.42 Å². The quantitative estimate of drug-likeness (QED) is 0.717. The van der Waals surface area contributed by atoms with Crippen molar-refractivity contribution in [2.75, 3.05) is 10.5 Å². The first-order valence-corrected chi connectivity index (χ1v) is 9.57. The van der Waals surface area contributed by atoms with Gasteiger partial charge in [-0.2, -0.15) is 4.63 Å². The Kier molecular flexibility index (Phi) is 4.31. The predicted octanol–water partition coefficient (Wildman–Crippen LogP) is 2.88. The van der Waals surface area contributed by atoms with Crippen molar-refractivity contribution in [3.63, 3.8) is 0 Å². The maximum absolute atomic E-state index is 11.9. The first-order valence-electron chi connectivity index (χ1n) is 7.92. The van der Waals surface area contributed by atoms with Gasteiger partial charge in [-0.05, 0) is 44.5 Å². The van der Waals surface area contributed by atoms with E-state index < -0.39 is 10.0 Å². The summed E-state index contributed by atoms with van der Waals surface area (Å²) < 4.78 is 28.1. The van der Waals surface area contributed by atoms with E-state index in [2.05, 4.69) is 19.9 Å². The number of benzene rings is 1. The maximum atomic E-state index is 11.9. The molecule has 0 aliphatic heterocycles. The van der Waals surface area contributed by atoms with Crippen molar-refractivity contribution >= 4 is 21.4 Å². The molecular weight excluding hydrogens is 326 g/mol. The number of fused-ring (bicyclic) bond motifs is 1. The van der Waals surface area contributed by atoms with Crippen LogP contribution in [-0.4, -0.2) is 34.0 Å². The van der Waals surface area contributed by atoms with Crippen LogP contribution in [0.1, 0.15) is 31.0 Å². The van der Waals surface area contributed by atoms with Crippen molar-refractivity contribution in [1.82, 2.24) is 19.8 Å². The standard InChI is InChI=1S/C16H21N5O2S/c1-4-5-10-24(22,23)20-14-8-6-13(7-9-14)15-17-16-11(2)12(3)18-21(16)19-15/h6-9,18,20H,4-5,10H2,1-3H3. The fourth-order valence-corrected chi connectivity index (χ4v) is 3.68. The van der Waals surface area contributed by atoms with Crippen LogP contribution in [0.5, 0.6) is 0 Å². The van der Waals surface area contributed by atoms with Crippen LogP contribution in [0.15, 0.2) is 24.3 Å². The summed E-state index contributed by atoms with van der Waals surface area (Å²) in [5.41, 5.74) is 4.28. The predicted molar refractivity (Wildman–Crippen MR) is 94.6 cm³/mol. The molecule has 0 spiro atoms. The Labute approximate surface area is 141 Å². The molecule has 3 rings (SSSR count). The Bertz CT molecular complexity index is 954. The molecule has 24 heavy (non-hydrogen) atoms. The smallest absolute Gasteiger partial charge is 0.232 e. The van der Waals surface area contributed by atoms with Gasteiger partial charge in [0, 0.05) is 22.5 Å². The fraction of sp³-hybridized carbons (Fsp3) is 0.375. The van der Waals surface area contributed by atoms with Gasteiger partial charge in [-0.1, -0.05) is 13.3 Å². The maximum Gasteiger partial charge on any atom is 0.232 e. The molecule has 8 heteroatoms. The molecule has 7 nitrogen and oxygen atoms in total. The SMILES string of the molecule is CCCCS(=O)(=O)Nc1ccc(-c2nc3c(C)c(C)[nH]n3n2)cc1. The molecule has 0 aliphatic rings. The summed E-state index contributed by atoms with van der Waals surface area (Å²) >= 11 is 0. The minimum absolute atomic E-state index is 0.136. The molecule has 2 aromatic heterocycles. The summed E-state index contributed by atoms with van der Waals surface area (Å²) in [6.45, 7) is 5.94. The van der Waals surface area contributed by atoms with Crippen LogP contribution in [0, 0.1) is 13.8 Å². The summed E-state index contributed by atoms with van der Waals surface area (Å²) in [5, 5.41) is 7.55. The zero-order chi connectivity index (χ0) is 17.3. The van der Waals surface area contributed by atoms with Crippen LogP contribution in [0.4, 0.5) is 5.69 Å². The number of aromatic amines is 1. The molecule has 0 amide bonds. The number of unbranched alkanes of at least 4 members (excludes halogenated alkanes) is 1. The Balaban J connectivity index is 1.80. The van der Waals surface area contributed by atoms with Gasteiger partial charge >= 0.3 is 0 Å². The normalized spacial score (nSPS) is 12.0. The highest BCUT2D eigenvalue weighted by molar-refractivity contribution is 7.92. The molecule has 0 radical (unpaired) electrons. The molecule has 0 saturated heterocycles. The molecule has 0 atom stereocenters. The van der Waals surface area contributed by atoms with Gasteiger partial charge in [0.2, 0.25) is 10.0 Å². The van der Waals surface area contributed by atoms with Gasteiger partial charge in [0.15, 0.2) is 11.5 Å². The second-order valence-corrected chi connectivity index (χ2v) is 7.73. The highest BCUT2D eigenvalue weighted by Gasteiger charge is 2.13. The van der Waals surface area contributed by atoms with Gasteiger partial charge in [0.1, 0.15) is 0 Å². The zero-order valence-electron chi connectivity index (χ0n) is 14.0. The van der Waals surface area contributed by atoms with Crippen molar-refractivity contribution in [3.8, 4) is 11.4 Å². The van der Waals surface area contributed by atoms with E-state index in [0.29, 0.717) is 17.9 Å². The summed E-state index contributed by atoms with van der Waals surface area (Å²) in [7, 11) is -3.29. The van der Waals surface area contributed by atoms with Crippen LogP contribution >= 0.6 is 0 Å². The zero-order valence-corrected chi connectivity index (χ0v) is 14.8. The van der Waals surface area contributed by atoms with Crippen molar-refractivity contribution in [2.24, 2.45) is 0 Å². The Morgan fingerprint density at radius 2 is 1.92 bits per heavy atom. The molecule has 0 fully saturated rings. The second-order valence-electron chi connectivity index (χ2n) is 5.88. The lowest BCUT2D eigenvalue weighted by atomic mass is 10.2. The third kappa shape index (κ3) is 3.28. The minimum atomic E-state index is -3.29. The molecule has 1 aromatic carbocycles. The van der Waals surface area contributed by atoms with Crippen LogP contribution in [0.3, 0.4) is 0 Å². The first kappa shape index (κ1) is 16.5. The van der Waals surface area contributed by atoms with E-state index in [1.165, 1.54) is 0 Å². The number of aryl methyl sites for hydroxylation is 2. The molecule has 3 aromatic rings.